The number of aliphatic imine (C=N–C) groups is 1. The Balaban J connectivity index is 1.27. The molecule has 4 nitrogen and oxygen atoms in total. The summed E-state index contributed by atoms with van der Waals surface area (Å²) in [6, 6.07) is 14.3. The van der Waals surface area contributed by atoms with Gasteiger partial charge in [-0.05, 0) is 60.7 Å². The molecule has 0 saturated heterocycles. The molecule has 0 radical (unpaired) electrons. The van der Waals surface area contributed by atoms with Gasteiger partial charge in [0.25, 0.3) is 0 Å². The molecular formula is C24H18F5NO3. The van der Waals surface area contributed by atoms with Crippen LogP contribution in [0.25, 0.3) is 0 Å². The molecule has 0 bridgehead atoms. The quantitative estimate of drug-likeness (QED) is 0.381. The molecule has 1 aliphatic heterocycles. The summed E-state index contributed by atoms with van der Waals surface area (Å²) in [4.78, 5) is 4.24. The predicted molar refractivity (Wildman–Crippen MR) is 111 cm³/mol. The minimum absolute atomic E-state index is 0.0552. The zero-order chi connectivity index (χ0) is 23.4. The number of ether oxygens (including phenoxy) is 3. The van der Waals surface area contributed by atoms with Crippen LogP contribution in [0.3, 0.4) is 0 Å². The first-order chi connectivity index (χ1) is 15.8. The van der Waals surface area contributed by atoms with Crippen molar-refractivity contribution in [2.75, 3.05) is 13.2 Å². The van der Waals surface area contributed by atoms with Gasteiger partial charge in [0.1, 0.15) is 41.1 Å². The average Bonchev–Trinajstić information content (AvgIpc) is 3.23. The molecule has 0 fully saturated rings. The Morgan fingerprint density at radius 3 is 2.03 bits per heavy atom. The molecular weight excluding hydrogens is 445 g/mol. The Morgan fingerprint density at radius 1 is 0.848 bits per heavy atom. The van der Waals surface area contributed by atoms with Crippen LogP contribution in [-0.4, -0.2) is 25.2 Å². The summed E-state index contributed by atoms with van der Waals surface area (Å²) in [6.07, 6.45) is -3.92. The second kappa shape index (κ2) is 9.48. The van der Waals surface area contributed by atoms with Crippen molar-refractivity contribution in [2.45, 2.75) is 18.6 Å². The van der Waals surface area contributed by atoms with Crippen molar-refractivity contribution in [3.05, 3.63) is 89.5 Å². The van der Waals surface area contributed by atoms with Crippen LogP contribution in [0, 0.1) is 11.6 Å². The van der Waals surface area contributed by atoms with Gasteiger partial charge in [0.05, 0.1) is 18.2 Å². The molecule has 3 aromatic rings. The third-order valence-electron chi connectivity index (χ3n) is 4.85. The van der Waals surface area contributed by atoms with E-state index in [2.05, 4.69) is 4.99 Å². The Hall–Kier alpha value is -3.62. The largest absolute Gasteiger partial charge is 0.494 e. The van der Waals surface area contributed by atoms with Gasteiger partial charge < -0.3 is 14.2 Å². The van der Waals surface area contributed by atoms with Gasteiger partial charge in [0.2, 0.25) is 5.90 Å². The van der Waals surface area contributed by atoms with Gasteiger partial charge in [0.15, 0.2) is 0 Å². The summed E-state index contributed by atoms with van der Waals surface area (Å²) in [6.45, 7) is 0.496. The summed E-state index contributed by atoms with van der Waals surface area (Å²) in [5, 5.41) is 0. The van der Waals surface area contributed by atoms with Crippen LogP contribution in [0.4, 0.5) is 22.0 Å². The molecule has 1 aliphatic rings. The van der Waals surface area contributed by atoms with Crippen molar-refractivity contribution in [3.63, 3.8) is 0 Å². The van der Waals surface area contributed by atoms with Crippen molar-refractivity contribution in [3.8, 4) is 17.2 Å². The molecule has 0 aliphatic carbocycles. The molecule has 4 rings (SSSR count). The van der Waals surface area contributed by atoms with E-state index in [0.717, 1.165) is 24.3 Å². The molecule has 0 spiro atoms. The van der Waals surface area contributed by atoms with Crippen LogP contribution in [0.5, 0.6) is 17.2 Å². The fraction of sp³-hybridized carbons (Fsp3) is 0.208. The van der Waals surface area contributed by atoms with Crippen LogP contribution in [0.1, 0.15) is 17.5 Å². The Morgan fingerprint density at radius 2 is 1.42 bits per heavy atom. The van der Waals surface area contributed by atoms with Crippen molar-refractivity contribution in [2.24, 2.45) is 4.99 Å². The number of rotatable bonds is 7. The normalized spacial score (nSPS) is 15.7. The number of hydrogen-bond donors (Lipinski definition) is 0. The van der Waals surface area contributed by atoms with Gasteiger partial charge in [0, 0.05) is 6.42 Å². The van der Waals surface area contributed by atoms with Crippen molar-refractivity contribution in [1.82, 2.24) is 0 Å². The van der Waals surface area contributed by atoms with E-state index in [0.29, 0.717) is 24.5 Å². The maximum Gasteiger partial charge on any atom is 0.416 e. The molecule has 0 aromatic heterocycles. The summed E-state index contributed by atoms with van der Waals surface area (Å²) < 4.78 is 82.1. The van der Waals surface area contributed by atoms with Crippen molar-refractivity contribution < 1.29 is 36.2 Å². The topological polar surface area (TPSA) is 40.0 Å². The molecule has 0 saturated carbocycles. The van der Waals surface area contributed by atoms with Crippen LogP contribution in [0.2, 0.25) is 0 Å². The van der Waals surface area contributed by atoms with E-state index in [9.17, 15) is 22.0 Å². The molecule has 172 valence electrons. The van der Waals surface area contributed by atoms with Gasteiger partial charge in [-0.15, -0.1) is 0 Å². The third kappa shape index (κ3) is 5.60. The Bertz CT molecular complexity index is 1110. The van der Waals surface area contributed by atoms with Gasteiger partial charge in [-0.1, -0.05) is 6.07 Å². The first-order valence-electron chi connectivity index (χ1n) is 10.0. The van der Waals surface area contributed by atoms with E-state index in [1.165, 1.54) is 18.2 Å². The van der Waals surface area contributed by atoms with Crippen LogP contribution < -0.4 is 9.47 Å². The van der Waals surface area contributed by atoms with Crippen molar-refractivity contribution in [1.29, 1.82) is 0 Å². The molecule has 0 amide bonds. The monoisotopic (exact) mass is 463 g/mol. The van der Waals surface area contributed by atoms with E-state index < -0.39 is 23.4 Å². The smallest absolute Gasteiger partial charge is 0.416 e. The SMILES string of the molecule is Fc1cccc(F)c1C1=NC(CCOc2ccc(Oc3ccc(C(F)(F)F)cc3)cc2)CO1. The minimum atomic E-state index is -4.40. The Kier molecular flexibility index (Phi) is 6.48. The number of hydrogen-bond acceptors (Lipinski definition) is 4. The predicted octanol–water partition coefficient (Wildman–Crippen LogP) is 6.39. The lowest BCUT2D eigenvalue weighted by Crippen LogP contribution is -2.11. The number of benzene rings is 3. The lowest BCUT2D eigenvalue weighted by Gasteiger charge is -2.10. The van der Waals surface area contributed by atoms with E-state index in [-0.39, 0.29) is 29.9 Å². The Labute approximate surface area is 186 Å². The molecule has 9 heteroatoms. The first-order valence-corrected chi connectivity index (χ1v) is 10.0. The molecule has 1 unspecified atom stereocenters. The molecule has 1 atom stereocenters. The van der Waals surface area contributed by atoms with Crippen LogP contribution in [0.15, 0.2) is 71.7 Å². The van der Waals surface area contributed by atoms with E-state index in [1.807, 2.05) is 0 Å². The number of nitrogens with zero attached hydrogens (tertiary/aromatic N) is 1. The second-order valence-electron chi connectivity index (χ2n) is 7.23. The van der Waals surface area contributed by atoms with Gasteiger partial charge >= 0.3 is 6.18 Å². The maximum atomic E-state index is 13.9. The van der Waals surface area contributed by atoms with Gasteiger partial charge in [-0.2, -0.15) is 13.2 Å². The first kappa shape index (κ1) is 22.6. The lowest BCUT2D eigenvalue weighted by atomic mass is 10.2. The fourth-order valence-electron chi connectivity index (χ4n) is 3.17. The molecule has 1 heterocycles. The van der Waals surface area contributed by atoms with Gasteiger partial charge in [-0.25, -0.2) is 13.8 Å². The van der Waals surface area contributed by atoms with E-state index in [4.69, 9.17) is 14.2 Å². The summed E-state index contributed by atoms with van der Waals surface area (Å²) in [7, 11) is 0. The highest BCUT2D eigenvalue weighted by atomic mass is 19.4. The third-order valence-corrected chi connectivity index (χ3v) is 4.85. The summed E-state index contributed by atoms with van der Waals surface area (Å²) in [5.41, 5.74) is -1.02. The standard InChI is InChI=1S/C24H18F5NO3/c25-20-2-1-3-21(26)22(20)23-30-16(14-32-23)12-13-31-17-8-10-19(11-9-17)33-18-6-4-15(5-7-18)24(27,28)29/h1-11,16H,12-14H2. The lowest BCUT2D eigenvalue weighted by molar-refractivity contribution is -0.137. The summed E-state index contributed by atoms with van der Waals surface area (Å²) >= 11 is 0. The number of halogens is 5. The zero-order valence-corrected chi connectivity index (χ0v) is 17.1. The molecule has 3 aromatic carbocycles. The zero-order valence-electron chi connectivity index (χ0n) is 17.1. The van der Waals surface area contributed by atoms with E-state index >= 15 is 0 Å². The highest BCUT2D eigenvalue weighted by Gasteiger charge is 2.30. The maximum absolute atomic E-state index is 13.9. The minimum Gasteiger partial charge on any atom is -0.494 e. The van der Waals surface area contributed by atoms with Crippen LogP contribution in [-0.2, 0) is 10.9 Å². The molecule has 33 heavy (non-hydrogen) atoms. The van der Waals surface area contributed by atoms with Gasteiger partial charge in [-0.3, -0.25) is 0 Å². The molecule has 0 N–H and O–H groups in total. The second-order valence-corrected chi connectivity index (χ2v) is 7.23. The van der Waals surface area contributed by atoms with Crippen LogP contribution >= 0.6 is 0 Å². The summed E-state index contributed by atoms with van der Waals surface area (Å²) in [5.74, 6) is -0.253. The average molecular weight is 463 g/mol. The number of alkyl halides is 3. The highest BCUT2D eigenvalue weighted by molar-refractivity contribution is 5.95. The van der Waals surface area contributed by atoms with Crippen molar-refractivity contribution >= 4 is 5.90 Å². The van der Waals surface area contributed by atoms with E-state index in [1.54, 1.807) is 24.3 Å². The fourth-order valence-corrected chi connectivity index (χ4v) is 3.17. The highest BCUT2D eigenvalue weighted by Crippen LogP contribution is 2.31.